The maximum absolute atomic E-state index is 13.0. The molecule has 3 aliphatic rings. The molecule has 2 unspecified atom stereocenters. The molecule has 0 bridgehead atoms. The van der Waals surface area contributed by atoms with Crippen molar-refractivity contribution in [2.24, 2.45) is 0 Å². The summed E-state index contributed by atoms with van der Waals surface area (Å²) in [7, 11) is 8.99. The monoisotopic (exact) mass is 555 g/mol. The number of nitrogens with zero attached hydrogens (tertiary/aromatic N) is 1. The second-order valence-electron chi connectivity index (χ2n) is 8.50. The molecule has 9 heteroatoms. The lowest BCUT2D eigenvalue weighted by molar-refractivity contribution is -0.927. The van der Waals surface area contributed by atoms with Crippen LogP contribution in [-0.2, 0) is 11.2 Å². The quantitative estimate of drug-likeness (QED) is 0.300. The van der Waals surface area contributed by atoms with E-state index < -0.39 is 12.1 Å². The topological polar surface area (TPSA) is 72.5 Å². The van der Waals surface area contributed by atoms with E-state index in [1.54, 1.807) is 14.2 Å². The number of methoxy groups -OCH3 is 3. The highest BCUT2D eigenvalue weighted by Gasteiger charge is 2.51. The van der Waals surface area contributed by atoms with E-state index in [0.29, 0.717) is 38.8 Å². The number of quaternary nitrogens is 1. The Morgan fingerprint density at radius 2 is 1.78 bits per heavy atom. The van der Waals surface area contributed by atoms with Crippen LogP contribution < -0.4 is 47.7 Å². The molecule has 3 heterocycles. The molecule has 2 aromatic rings. The number of likely N-dealkylation sites (N-methyl/N-ethyl adjacent to an activating group) is 1. The normalized spacial score (nSPS) is 21.7. The van der Waals surface area contributed by atoms with Crippen LogP contribution >= 0.6 is 0 Å². The second kappa shape index (κ2) is 8.18. The van der Waals surface area contributed by atoms with E-state index in [9.17, 15) is 4.79 Å². The van der Waals surface area contributed by atoms with Gasteiger partial charge in [0.1, 0.15) is 5.56 Å². The van der Waals surface area contributed by atoms with Crippen molar-refractivity contribution in [3.05, 3.63) is 40.5 Å². The highest BCUT2D eigenvalue weighted by molar-refractivity contribution is 5.98. The second-order valence-corrected chi connectivity index (χ2v) is 8.50. The third-order valence-electron chi connectivity index (χ3n) is 6.56. The molecule has 5 rings (SSSR count). The SMILES string of the molecule is COc1ccc2c(c1OC)C(=O)OC2C1c2c(cc3c(c2OC)OCO3)CC[N+]1(C)C.[I-]. The van der Waals surface area contributed by atoms with E-state index in [0.717, 1.165) is 29.7 Å². The van der Waals surface area contributed by atoms with E-state index in [2.05, 4.69) is 14.1 Å². The lowest BCUT2D eigenvalue weighted by Gasteiger charge is -2.45. The molecule has 0 fully saturated rings. The smallest absolute Gasteiger partial charge is 0.343 e. The van der Waals surface area contributed by atoms with Crippen LogP contribution in [0.15, 0.2) is 18.2 Å². The lowest BCUT2D eigenvalue weighted by atomic mass is 9.84. The first-order chi connectivity index (χ1) is 14.9. The minimum Gasteiger partial charge on any atom is -1.00 e. The highest BCUT2D eigenvalue weighted by Crippen LogP contribution is 2.56. The van der Waals surface area contributed by atoms with Gasteiger partial charge in [-0.3, -0.25) is 0 Å². The van der Waals surface area contributed by atoms with Gasteiger partial charge in [-0.05, 0) is 17.7 Å². The maximum atomic E-state index is 13.0. The molecule has 2 aromatic carbocycles. The summed E-state index contributed by atoms with van der Waals surface area (Å²) in [6.45, 7) is 1.03. The Morgan fingerprint density at radius 3 is 2.47 bits per heavy atom. The molecule has 3 aliphatic heterocycles. The number of ether oxygens (including phenoxy) is 6. The van der Waals surface area contributed by atoms with E-state index in [4.69, 9.17) is 28.4 Å². The van der Waals surface area contributed by atoms with Gasteiger partial charge in [-0.15, -0.1) is 0 Å². The molecule has 2 atom stereocenters. The van der Waals surface area contributed by atoms with E-state index >= 15 is 0 Å². The first-order valence-corrected chi connectivity index (χ1v) is 10.2. The zero-order chi connectivity index (χ0) is 21.9. The van der Waals surface area contributed by atoms with Gasteiger partial charge in [0.05, 0.1) is 47.5 Å². The van der Waals surface area contributed by atoms with Crippen LogP contribution in [0.2, 0.25) is 0 Å². The fourth-order valence-corrected chi connectivity index (χ4v) is 5.09. The lowest BCUT2D eigenvalue weighted by Crippen LogP contribution is -3.00. The van der Waals surface area contributed by atoms with Gasteiger partial charge in [0.25, 0.3) is 0 Å². The largest absolute Gasteiger partial charge is 1.00 e. The molecule has 0 saturated heterocycles. The average molecular weight is 555 g/mol. The zero-order valence-corrected chi connectivity index (χ0v) is 20.8. The summed E-state index contributed by atoms with van der Waals surface area (Å²) in [6, 6.07) is 5.53. The Bertz CT molecular complexity index is 1080. The number of benzene rings is 2. The van der Waals surface area contributed by atoms with Gasteiger partial charge >= 0.3 is 5.97 Å². The summed E-state index contributed by atoms with van der Waals surface area (Å²) in [4.78, 5) is 13.0. The fourth-order valence-electron chi connectivity index (χ4n) is 5.09. The van der Waals surface area contributed by atoms with Crippen molar-refractivity contribution in [3.8, 4) is 28.7 Å². The molecule has 0 aliphatic carbocycles. The molecular formula is C23H26INO7. The Kier molecular flexibility index (Phi) is 5.83. The first-order valence-electron chi connectivity index (χ1n) is 10.2. The number of hydrogen-bond acceptors (Lipinski definition) is 7. The highest BCUT2D eigenvalue weighted by atomic mass is 127. The van der Waals surface area contributed by atoms with Crippen molar-refractivity contribution in [1.29, 1.82) is 0 Å². The molecule has 0 radical (unpaired) electrons. The van der Waals surface area contributed by atoms with Crippen molar-refractivity contribution < 1.29 is 61.7 Å². The van der Waals surface area contributed by atoms with Crippen LogP contribution in [0, 0.1) is 0 Å². The molecule has 0 spiro atoms. The van der Waals surface area contributed by atoms with Gasteiger partial charge < -0.3 is 56.9 Å². The number of carbonyl (C=O) groups excluding carboxylic acids is 1. The van der Waals surface area contributed by atoms with Gasteiger partial charge in [0.2, 0.25) is 12.5 Å². The zero-order valence-electron chi connectivity index (χ0n) is 18.7. The number of cyclic esters (lactones) is 1. The van der Waals surface area contributed by atoms with Crippen LogP contribution in [0.4, 0.5) is 0 Å². The van der Waals surface area contributed by atoms with Crippen molar-refractivity contribution in [1.82, 2.24) is 0 Å². The van der Waals surface area contributed by atoms with Gasteiger partial charge in [-0.1, -0.05) is 6.07 Å². The van der Waals surface area contributed by atoms with Crippen LogP contribution in [0.5, 0.6) is 28.7 Å². The maximum Gasteiger partial charge on any atom is 0.343 e. The molecule has 0 amide bonds. The van der Waals surface area contributed by atoms with E-state index in [-0.39, 0.29) is 36.8 Å². The Hall–Kier alpha value is -2.40. The van der Waals surface area contributed by atoms with Crippen LogP contribution in [0.1, 0.15) is 39.2 Å². The van der Waals surface area contributed by atoms with Crippen molar-refractivity contribution >= 4 is 5.97 Å². The minimum atomic E-state index is -0.509. The van der Waals surface area contributed by atoms with Gasteiger partial charge in [0.15, 0.2) is 35.1 Å². The molecular weight excluding hydrogens is 529 g/mol. The number of esters is 1. The molecule has 0 saturated carbocycles. The Balaban J connectivity index is 0.00000245. The van der Waals surface area contributed by atoms with Gasteiger partial charge in [-0.2, -0.15) is 0 Å². The predicted molar refractivity (Wildman–Crippen MR) is 110 cm³/mol. The molecule has 172 valence electrons. The van der Waals surface area contributed by atoms with Gasteiger partial charge in [0, 0.05) is 12.0 Å². The summed E-state index contributed by atoms with van der Waals surface area (Å²) in [5.74, 6) is 2.42. The summed E-state index contributed by atoms with van der Waals surface area (Å²) >= 11 is 0. The van der Waals surface area contributed by atoms with Gasteiger partial charge in [-0.25, -0.2) is 4.79 Å². The number of hydrogen-bond donors (Lipinski definition) is 0. The average Bonchev–Trinajstić information content (AvgIpc) is 3.35. The minimum absolute atomic E-state index is 0. The summed E-state index contributed by atoms with van der Waals surface area (Å²) in [5, 5.41) is 0. The van der Waals surface area contributed by atoms with Crippen LogP contribution in [0.25, 0.3) is 0 Å². The molecule has 0 N–H and O–H groups in total. The summed E-state index contributed by atoms with van der Waals surface area (Å²) < 4.78 is 34.7. The van der Waals surface area contributed by atoms with E-state index in [1.165, 1.54) is 7.11 Å². The standard InChI is InChI=1S/C23H26NO7.HI/c1-24(2)9-8-12-10-15-21(30-11-29-15)22(28-5)16(12)18(24)19-13-6-7-14(26-3)20(27-4)17(13)23(25)31-19;/h6-7,10,18-19H,8-9,11H2,1-5H3;1H/q+1;/p-1. The Morgan fingerprint density at radius 1 is 1.03 bits per heavy atom. The number of halogens is 1. The summed E-state index contributed by atoms with van der Waals surface area (Å²) in [5.41, 5.74) is 3.31. The Labute approximate surface area is 203 Å². The van der Waals surface area contributed by atoms with Crippen molar-refractivity contribution in [2.45, 2.75) is 18.6 Å². The third-order valence-corrected chi connectivity index (χ3v) is 6.56. The number of fused-ring (bicyclic) bond motifs is 3. The van der Waals surface area contributed by atoms with E-state index in [1.807, 2.05) is 18.2 Å². The van der Waals surface area contributed by atoms with Crippen LogP contribution in [-0.4, -0.2) is 59.2 Å². The van der Waals surface area contributed by atoms with Crippen molar-refractivity contribution in [2.75, 3.05) is 48.8 Å². The number of carbonyl (C=O) groups is 1. The molecule has 8 nitrogen and oxygen atoms in total. The predicted octanol–water partition coefficient (Wildman–Crippen LogP) is 0.0304. The first kappa shape index (κ1) is 22.8. The fraction of sp³-hybridized carbons (Fsp3) is 0.435. The summed E-state index contributed by atoms with van der Waals surface area (Å²) in [6.07, 6.45) is 0.344. The molecule has 32 heavy (non-hydrogen) atoms. The number of rotatable bonds is 4. The third kappa shape index (κ3) is 3.16. The van der Waals surface area contributed by atoms with Crippen molar-refractivity contribution in [3.63, 3.8) is 0 Å². The molecule has 0 aromatic heterocycles. The van der Waals surface area contributed by atoms with Crippen LogP contribution in [0.3, 0.4) is 0 Å².